The SMILES string of the molecule is C[C@@H](c1ccc(-n2cncn2)cc1)N(C)C(=O)/C=C/c1cccc(Cl)c1Cl. The third kappa shape index (κ3) is 4.38. The molecule has 0 saturated carbocycles. The number of halogens is 2. The van der Waals surface area contributed by atoms with Crippen molar-refractivity contribution in [2.75, 3.05) is 7.05 Å². The van der Waals surface area contributed by atoms with Gasteiger partial charge in [-0.15, -0.1) is 0 Å². The molecule has 1 heterocycles. The summed E-state index contributed by atoms with van der Waals surface area (Å²) in [5.41, 5.74) is 2.63. The van der Waals surface area contributed by atoms with Gasteiger partial charge in [-0.2, -0.15) is 5.10 Å². The van der Waals surface area contributed by atoms with E-state index in [1.54, 1.807) is 41.2 Å². The topological polar surface area (TPSA) is 51.0 Å². The predicted octanol–water partition coefficient (Wildman–Crippen LogP) is 4.81. The predicted molar refractivity (Wildman–Crippen MR) is 108 cm³/mol. The zero-order valence-electron chi connectivity index (χ0n) is 14.9. The second kappa shape index (κ2) is 8.37. The van der Waals surface area contributed by atoms with E-state index >= 15 is 0 Å². The Morgan fingerprint density at radius 1 is 1.19 bits per heavy atom. The van der Waals surface area contributed by atoms with E-state index in [-0.39, 0.29) is 11.9 Å². The van der Waals surface area contributed by atoms with Crippen LogP contribution in [0.2, 0.25) is 10.0 Å². The average molecular weight is 401 g/mol. The molecule has 27 heavy (non-hydrogen) atoms. The van der Waals surface area contributed by atoms with Crippen LogP contribution in [0.25, 0.3) is 11.8 Å². The molecule has 0 aliphatic rings. The summed E-state index contributed by atoms with van der Waals surface area (Å²) in [6.07, 6.45) is 6.30. The largest absolute Gasteiger partial charge is 0.335 e. The third-order valence-electron chi connectivity index (χ3n) is 4.37. The molecule has 1 atom stereocenters. The number of hydrogen-bond acceptors (Lipinski definition) is 3. The Morgan fingerprint density at radius 3 is 2.59 bits per heavy atom. The molecule has 1 aromatic heterocycles. The minimum Gasteiger partial charge on any atom is -0.335 e. The van der Waals surface area contributed by atoms with Crippen molar-refractivity contribution in [3.05, 3.63) is 82.4 Å². The van der Waals surface area contributed by atoms with Crippen molar-refractivity contribution < 1.29 is 4.79 Å². The lowest BCUT2D eigenvalue weighted by Crippen LogP contribution is -2.28. The van der Waals surface area contributed by atoms with E-state index in [4.69, 9.17) is 23.2 Å². The number of nitrogens with zero attached hydrogens (tertiary/aromatic N) is 4. The molecule has 0 fully saturated rings. The molecule has 0 radical (unpaired) electrons. The Labute approximate surface area is 167 Å². The van der Waals surface area contributed by atoms with Crippen LogP contribution in [0.15, 0.2) is 61.2 Å². The van der Waals surface area contributed by atoms with E-state index in [2.05, 4.69) is 10.1 Å². The fourth-order valence-electron chi connectivity index (χ4n) is 2.59. The number of rotatable bonds is 5. The molecule has 0 spiro atoms. The molecule has 138 valence electrons. The molecule has 0 saturated heterocycles. The first-order valence-electron chi connectivity index (χ1n) is 8.31. The maximum atomic E-state index is 12.5. The zero-order valence-corrected chi connectivity index (χ0v) is 16.4. The van der Waals surface area contributed by atoms with Crippen molar-refractivity contribution in [3.63, 3.8) is 0 Å². The summed E-state index contributed by atoms with van der Waals surface area (Å²) in [7, 11) is 1.77. The minimum atomic E-state index is -0.126. The molecule has 3 rings (SSSR count). The number of benzene rings is 2. The summed E-state index contributed by atoms with van der Waals surface area (Å²) < 4.78 is 1.68. The van der Waals surface area contributed by atoms with Crippen LogP contribution in [-0.2, 0) is 4.79 Å². The number of carbonyl (C=O) groups excluding carboxylic acids is 1. The highest BCUT2D eigenvalue weighted by Gasteiger charge is 2.15. The Bertz CT molecular complexity index is 953. The van der Waals surface area contributed by atoms with Crippen molar-refractivity contribution in [1.29, 1.82) is 0 Å². The van der Waals surface area contributed by atoms with E-state index in [1.807, 2.05) is 37.3 Å². The van der Waals surface area contributed by atoms with Gasteiger partial charge in [0.15, 0.2) is 0 Å². The van der Waals surface area contributed by atoms with Gasteiger partial charge in [-0.05, 0) is 42.3 Å². The summed E-state index contributed by atoms with van der Waals surface area (Å²) in [6, 6.07) is 13.1. The maximum Gasteiger partial charge on any atom is 0.246 e. The molecule has 2 aromatic carbocycles. The van der Waals surface area contributed by atoms with Crippen LogP contribution < -0.4 is 0 Å². The molecule has 0 unspecified atom stereocenters. The number of carbonyl (C=O) groups is 1. The standard InChI is InChI=1S/C20H18Cl2N4O/c1-14(15-6-9-17(10-7-15)26-13-23-12-24-26)25(2)19(27)11-8-16-4-3-5-18(21)20(16)22/h3-14H,1-2H3/b11-8+/t14-/m0/s1. The van der Waals surface area contributed by atoms with E-state index in [0.717, 1.165) is 11.3 Å². The van der Waals surface area contributed by atoms with Crippen molar-refractivity contribution >= 4 is 35.2 Å². The van der Waals surface area contributed by atoms with Gasteiger partial charge in [0, 0.05) is 13.1 Å². The molecule has 0 aliphatic heterocycles. The van der Waals surface area contributed by atoms with Crippen molar-refractivity contribution in [1.82, 2.24) is 19.7 Å². The fourth-order valence-corrected chi connectivity index (χ4v) is 2.96. The lowest BCUT2D eigenvalue weighted by atomic mass is 10.1. The van der Waals surface area contributed by atoms with Crippen LogP contribution in [-0.4, -0.2) is 32.6 Å². The average Bonchev–Trinajstić information content (AvgIpc) is 3.22. The van der Waals surface area contributed by atoms with Crippen LogP contribution in [0.1, 0.15) is 24.1 Å². The van der Waals surface area contributed by atoms with Gasteiger partial charge in [-0.1, -0.05) is 47.5 Å². The summed E-state index contributed by atoms with van der Waals surface area (Å²) in [5.74, 6) is -0.126. The quantitative estimate of drug-likeness (QED) is 0.577. The van der Waals surface area contributed by atoms with Gasteiger partial charge in [0.1, 0.15) is 12.7 Å². The zero-order chi connectivity index (χ0) is 19.4. The highest BCUT2D eigenvalue weighted by Crippen LogP contribution is 2.27. The number of amides is 1. The highest BCUT2D eigenvalue weighted by atomic mass is 35.5. The Balaban J connectivity index is 1.70. The first-order valence-corrected chi connectivity index (χ1v) is 9.07. The van der Waals surface area contributed by atoms with Gasteiger partial charge in [-0.25, -0.2) is 9.67 Å². The van der Waals surface area contributed by atoms with E-state index in [0.29, 0.717) is 15.6 Å². The van der Waals surface area contributed by atoms with E-state index < -0.39 is 0 Å². The summed E-state index contributed by atoms with van der Waals surface area (Å²) in [4.78, 5) is 18.1. The lowest BCUT2D eigenvalue weighted by Gasteiger charge is -2.24. The van der Waals surface area contributed by atoms with E-state index in [9.17, 15) is 4.79 Å². The van der Waals surface area contributed by atoms with Gasteiger partial charge in [0.05, 0.1) is 21.8 Å². The fraction of sp³-hybridized carbons (Fsp3) is 0.150. The minimum absolute atomic E-state index is 0.0956. The Morgan fingerprint density at radius 2 is 1.93 bits per heavy atom. The first kappa shape index (κ1) is 19.1. The second-order valence-corrected chi connectivity index (χ2v) is 6.82. The monoisotopic (exact) mass is 400 g/mol. The van der Waals surface area contributed by atoms with Crippen LogP contribution in [0.5, 0.6) is 0 Å². The first-order chi connectivity index (χ1) is 13.0. The van der Waals surface area contributed by atoms with Gasteiger partial charge < -0.3 is 4.90 Å². The van der Waals surface area contributed by atoms with Gasteiger partial charge in [-0.3, -0.25) is 4.79 Å². The summed E-state index contributed by atoms with van der Waals surface area (Å²) in [5, 5.41) is 4.99. The van der Waals surface area contributed by atoms with Crippen LogP contribution in [0.3, 0.4) is 0 Å². The lowest BCUT2D eigenvalue weighted by molar-refractivity contribution is -0.126. The number of hydrogen-bond donors (Lipinski definition) is 0. The van der Waals surface area contributed by atoms with E-state index in [1.165, 1.54) is 12.4 Å². The number of aromatic nitrogens is 3. The van der Waals surface area contributed by atoms with Crippen LogP contribution in [0.4, 0.5) is 0 Å². The normalized spacial score (nSPS) is 12.3. The van der Waals surface area contributed by atoms with Crippen molar-refractivity contribution in [2.45, 2.75) is 13.0 Å². The molecule has 0 bridgehead atoms. The maximum absolute atomic E-state index is 12.5. The van der Waals surface area contributed by atoms with Crippen LogP contribution in [0, 0.1) is 0 Å². The summed E-state index contributed by atoms with van der Waals surface area (Å²) >= 11 is 12.2. The number of likely N-dealkylation sites (N-methyl/N-ethyl adjacent to an activating group) is 1. The molecule has 0 N–H and O–H groups in total. The molecule has 3 aromatic rings. The Kier molecular flexibility index (Phi) is 5.94. The summed E-state index contributed by atoms with van der Waals surface area (Å²) in [6.45, 7) is 1.97. The highest BCUT2D eigenvalue weighted by molar-refractivity contribution is 6.42. The van der Waals surface area contributed by atoms with Gasteiger partial charge in [0.25, 0.3) is 0 Å². The van der Waals surface area contributed by atoms with Crippen molar-refractivity contribution in [2.24, 2.45) is 0 Å². The molecule has 7 heteroatoms. The van der Waals surface area contributed by atoms with Crippen molar-refractivity contribution in [3.8, 4) is 5.69 Å². The van der Waals surface area contributed by atoms with Gasteiger partial charge >= 0.3 is 0 Å². The van der Waals surface area contributed by atoms with Gasteiger partial charge in [0.2, 0.25) is 5.91 Å². The van der Waals surface area contributed by atoms with Crippen LogP contribution >= 0.6 is 23.2 Å². The molecule has 5 nitrogen and oxygen atoms in total. The molecule has 0 aliphatic carbocycles. The second-order valence-electron chi connectivity index (χ2n) is 6.03. The third-order valence-corrected chi connectivity index (χ3v) is 5.21. The Hall–Kier alpha value is -2.63. The molecule has 1 amide bonds. The molecular weight excluding hydrogens is 383 g/mol. The smallest absolute Gasteiger partial charge is 0.246 e. The molecular formula is C20H18Cl2N4O.